The molecule has 0 bridgehead atoms. The van der Waals surface area contributed by atoms with Crippen molar-refractivity contribution in [3.05, 3.63) is 71.7 Å². The first-order valence-corrected chi connectivity index (χ1v) is 5.39. The first-order valence-electron chi connectivity index (χ1n) is 5.39. The van der Waals surface area contributed by atoms with E-state index in [0.29, 0.717) is 0 Å². The Labute approximate surface area is 100 Å². The maximum absolute atomic E-state index is 4.98. The zero-order valence-corrected chi connectivity index (χ0v) is 9.23. The number of hydrogen-bond donors (Lipinski definition) is 0. The molecule has 0 radical (unpaired) electrons. The van der Waals surface area contributed by atoms with E-state index in [1.54, 1.807) is 12.5 Å². The highest BCUT2D eigenvalue weighted by molar-refractivity contribution is 5.90. The highest BCUT2D eigenvalue weighted by Crippen LogP contribution is 2.29. The van der Waals surface area contributed by atoms with Gasteiger partial charge < -0.3 is 4.42 Å². The Bertz CT molecular complexity index is 661. The Morgan fingerprint density at radius 1 is 1.06 bits per heavy atom. The van der Waals surface area contributed by atoms with Crippen LogP contribution in [0.15, 0.2) is 53.9 Å². The van der Waals surface area contributed by atoms with E-state index >= 15 is 0 Å². The smallest absolute Gasteiger partial charge is 0.106 e. The molecule has 1 heteroatoms. The molecule has 0 saturated heterocycles. The largest absolute Gasteiger partial charge is 0.471 e. The molecule has 0 amide bonds. The van der Waals surface area contributed by atoms with Gasteiger partial charge in [0.25, 0.3) is 0 Å². The van der Waals surface area contributed by atoms with Crippen LogP contribution in [0.25, 0.3) is 11.6 Å². The van der Waals surface area contributed by atoms with Gasteiger partial charge in [-0.25, -0.2) is 0 Å². The number of rotatable bonds is 0. The normalized spacial score (nSPS) is 12.1. The zero-order chi connectivity index (χ0) is 11.7. The number of hydrogen-bond acceptors (Lipinski definition) is 1. The molecule has 0 spiro atoms. The van der Waals surface area contributed by atoms with Gasteiger partial charge in [-0.15, -0.1) is 0 Å². The summed E-state index contributed by atoms with van der Waals surface area (Å²) in [6.45, 7) is 4.00. The SMILES string of the molecule is C=C1C=Cc2c(C#Cc3ccoc3)cccc21. The minimum atomic E-state index is 0.892. The molecular weight excluding hydrogens is 208 g/mol. The third-order valence-electron chi connectivity index (χ3n) is 2.77. The van der Waals surface area contributed by atoms with Crippen molar-refractivity contribution < 1.29 is 4.42 Å². The fourth-order valence-corrected chi connectivity index (χ4v) is 1.88. The topological polar surface area (TPSA) is 13.1 Å². The summed E-state index contributed by atoms with van der Waals surface area (Å²) < 4.78 is 4.98. The summed E-state index contributed by atoms with van der Waals surface area (Å²) in [5.74, 6) is 6.24. The maximum Gasteiger partial charge on any atom is 0.106 e. The summed E-state index contributed by atoms with van der Waals surface area (Å²) in [6.07, 6.45) is 7.36. The molecule has 1 aliphatic carbocycles. The van der Waals surface area contributed by atoms with Crippen molar-refractivity contribution in [2.24, 2.45) is 0 Å². The predicted molar refractivity (Wildman–Crippen MR) is 69.2 cm³/mol. The molecule has 2 aromatic rings. The van der Waals surface area contributed by atoms with Crippen molar-refractivity contribution in [2.75, 3.05) is 0 Å². The second kappa shape index (κ2) is 3.84. The van der Waals surface area contributed by atoms with Crippen LogP contribution in [0.3, 0.4) is 0 Å². The van der Waals surface area contributed by atoms with Crippen LogP contribution in [0.4, 0.5) is 0 Å². The van der Waals surface area contributed by atoms with Crippen LogP contribution in [-0.2, 0) is 0 Å². The predicted octanol–water partition coefficient (Wildman–Crippen LogP) is 3.72. The Hall–Kier alpha value is -2.46. The highest BCUT2D eigenvalue weighted by atomic mass is 16.3. The lowest BCUT2D eigenvalue weighted by atomic mass is 10.0. The average molecular weight is 218 g/mol. The zero-order valence-electron chi connectivity index (χ0n) is 9.23. The Morgan fingerprint density at radius 3 is 2.82 bits per heavy atom. The minimum absolute atomic E-state index is 0.892. The molecule has 17 heavy (non-hydrogen) atoms. The van der Waals surface area contributed by atoms with E-state index in [1.165, 1.54) is 5.56 Å². The highest BCUT2D eigenvalue weighted by Gasteiger charge is 2.10. The molecule has 1 aromatic heterocycles. The van der Waals surface area contributed by atoms with Crippen molar-refractivity contribution >= 4 is 11.6 Å². The molecule has 3 rings (SSSR count). The van der Waals surface area contributed by atoms with Gasteiger partial charge in [-0.3, -0.25) is 0 Å². The van der Waals surface area contributed by atoms with Crippen molar-refractivity contribution in [3.63, 3.8) is 0 Å². The third kappa shape index (κ3) is 1.70. The summed E-state index contributed by atoms with van der Waals surface area (Å²) in [6, 6.07) is 7.96. The third-order valence-corrected chi connectivity index (χ3v) is 2.77. The molecule has 0 unspecified atom stereocenters. The Balaban J connectivity index is 2.06. The number of fused-ring (bicyclic) bond motifs is 1. The van der Waals surface area contributed by atoms with Crippen LogP contribution in [0.2, 0.25) is 0 Å². The van der Waals surface area contributed by atoms with Crippen LogP contribution in [0.1, 0.15) is 22.3 Å². The van der Waals surface area contributed by atoms with E-state index in [1.807, 2.05) is 24.3 Å². The molecule has 1 heterocycles. The summed E-state index contributed by atoms with van der Waals surface area (Å²) in [5.41, 5.74) is 5.30. The van der Waals surface area contributed by atoms with E-state index in [4.69, 9.17) is 4.42 Å². The molecule has 0 saturated carbocycles. The number of allylic oxidation sites excluding steroid dienone is 2. The lowest BCUT2D eigenvalue weighted by molar-refractivity contribution is 0.566. The van der Waals surface area contributed by atoms with Gasteiger partial charge >= 0.3 is 0 Å². The van der Waals surface area contributed by atoms with Gasteiger partial charge in [-0.1, -0.05) is 42.7 Å². The van der Waals surface area contributed by atoms with Crippen molar-refractivity contribution in [2.45, 2.75) is 0 Å². The van der Waals surface area contributed by atoms with E-state index in [2.05, 4.69) is 30.6 Å². The minimum Gasteiger partial charge on any atom is -0.471 e. The van der Waals surface area contributed by atoms with Crippen molar-refractivity contribution in [1.82, 2.24) is 0 Å². The van der Waals surface area contributed by atoms with Crippen LogP contribution >= 0.6 is 0 Å². The van der Waals surface area contributed by atoms with E-state index in [9.17, 15) is 0 Å². The van der Waals surface area contributed by atoms with Gasteiger partial charge in [0.2, 0.25) is 0 Å². The van der Waals surface area contributed by atoms with Gasteiger partial charge in [0, 0.05) is 5.56 Å². The average Bonchev–Trinajstić information content (AvgIpc) is 2.97. The van der Waals surface area contributed by atoms with E-state index in [0.717, 1.165) is 22.3 Å². The Morgan fingerprint density at radius 2 is 2.00 bits per heavy atom. The first-order chi connectivity index (χ1) is 8.34. The standard InChI is InChI=1S/C16H10O/c1-12-5-8-16-14(3-2-4-15(12)16)7-6-13-9-10-17-11-13/h2-5,8-11H,1H2. The molecular formula is C16H10O. The summed E-state index contributed by atoms with van der Waals surface area (Å²) in [7, 11) is 0. The quantitative estimate of drug-likeness (QED) is 0.614. The van der Waals surface area contributed by atoms with Crippen LogP contribution in [0.5, 0.6) is 0 Å². The van der Waals surface area contributed by atoms with Crippen molar-refractivity contribution in [1.29, 1.82) is 0 Å². The van der Waals surface area contributed by atoms with Gasteiger partial charge in [-0.05, 0) is 28.8 Å². The number of benzene rings is 1. The van der Waals surface area contributed by atoms with Gasteiger partial charge in [0.1, 0.15) is 6.26 Å². The van der Waals surface area contributed by atoms with Crippen LogP contribution in [0, 0.1) is 11.8 Å². The summed E-state index contributed by atoms with van der Waals surface area (Å²) >= 11 is 0. The second-order valence-corrected chi connectivity index (χ2v) is 3.89. The fourth-order valence-electron chi connectivity index (χ4n) is 1.88. The molecule has 0 atom stereocenters. The van der Waals surface area contributed by atoms with E-state index < -0.39 is 0 Å². The Kier molecular flexibility index (Phi) is 2.20. The summed E-state index contributed by atoms with van der Waals surface area (Å²) in [4.78, 5) is 0. The molecule has 0 fully saturated rings. The first kappa shape index (κ1) is 9.74. The van der Waals surface area contributed by atoms with Crippen LogP contribution < -0.4 is 0 Å². The molecule has 1 nitrogen and oxygen atoms in total. The molecule has 1 aromatic carbocycles. The lowest BCUT2D eigenvalue weighted by Gasteiger charge is -2.01. The fraction of sp³-hybridized carbons (Fsp3) is 0. The van der Waals surface area contributed by atoms with E-state index in [-0.39, 0.29) is 0 Å². The monoisotopic (exact) mass is 218 g/mol. The summed E-state index contributed by atoms with van der Waals surface area (Å²) in [5, 5.41) is 0. The maximum atomic E-state index is 4.98. The van der Waals surface area contributed by atoms with Crippen molar-refractivity contribution in [3.8, 4) is 11.8 Å². The van der Waals surface area contributed by atoms with Crippen LogP contribution in [-0.4, -0.2) is 0 Å². The molecule has 0 N–H and O–H groups in total. The van der Waals surface area contributed by atoms with Gasteiger partial charge in [0.05, 0.1) is 11.8 Å². The van der Waals surface area contributed by atoms with Gasteiger partial charge in [-0.2, -0.15) is 0 Å². The molecule has 0 aliphatic heterocycles. The molecule has 80 valence electrons. The number of furan rings is 1. The molecule has 1 aliphatic rings. The van der Waals surface area contributed by atoms with Gasteiger partial charge in [0.15, 0.2) is 0 Å². The lowest BCUT2D eigenvalue weighted by Crippen LogP contribution is -1.85. The second-order valence-electron chi connectivity index (χ2n) is 3.89.